The predicted octanol–water partition coefficient (Wildman–Crippen LogP) is 1.87. The summed E-state index contributed by atoms with van der Waals surface area (Å²) >= 11 is 0. The topological polar surface area (TPSA) is 129 Å². The number of piperazine rings is 1. The molecule has 1 aliphatic carbocycles. The van der Waals surface area contributed by atoms with Gasteiger partial charge in [0.1, 0.15) is 23.2 Å². The van der Waals surface area contributed by atoms with Gasteiger partial charge in [0.25, 0.3) is 0 Å². The Bertz CT molecular complexity index is 1350. The highest BCUT2D eigenvalue weighted by atomic mass is 19.1. The predicted molar refractivity (Wildman–Crippen MR) is 150 cm³/mol. The lowest BCUT2D eigenvalue weighted by Crippen LogP contribution is -2.50. The monoisotopic (exact) mass is 568 g/mol. The second-order valence-electron chi connectivity index (χ2n) is 10.5. The Morgan fingerprint density at radius 3 is 2.49 bits per heavy atom. The van der Waals surface area contributed by atoms with Crippen molar-refractivity contribution in [1.29, 1.82) is 0 Å². The number of nitrogens with one attached hydrogen (secondary N) is 1. The van der Waals surface area contributed by atoms with Crippen molar-refractivity contribution in [2.75, 3.05) is 81.1 Å². The van der Waals surface area contributed by atoms with Crippen molar-refractivity contribution in [3.63, 3.8) is 0 Å². The number of allylic oxidation sites excluding steroid dienone is 1. The van der Waals surface area contributed by atoms with E-state index in [0.29, 0.717) is 55.7 Å². The van der Waals surface area contributed by atoms with Crippen molar-refractivity contribution < 1.29 is 18.3 Å². The van der Waals surface area contributed by atoms with Crippen LogP contribution in [0.1, 0.15) is 18.9 Å². The molecule has 3 aliphatic heterocycles. The molecule has 2 saturated heterocycles. The number of hydrogen-bond acceptors (Lipinski definition) is 10. The average Bonchev–Trinajstić information content (AvgIpc) is 3.43. The number of carbonyl (C=O) groups is 1. The molecule has 2 amide bonds. The lowest BCUT2D eigenvalue weighted by atomic mass is 10.0. The number of nitrogen functional groups attached to an aromatic ring is 1. The number of hydrogen-bond donors (Lipinski definition) is 2. The molecule has 41 heavy (non-hydrogen) atoms. The summed E-state index contributed by atoms with van der Waals surface area (Å²) in [5.41, 5.74) is 7.22. The summed E-state index contributed by atoms with van der Waals surface area (Å²) in [4.78, 5) is 39.0. The summed E-state index contributed by atoms with van der Waals surface area (Å²) in [6.07, 6.45) is 5.04. The second-order valence-corrected chi connectivity index (χ2v) is 10.5. The number of ether oxygens (including phenoxy) is 1. The van der Waals surface area contributed by atoms with E-state index in [4.69, 9.17) is 20.4 Å². The number of halogens is 2. The van der Waals surface area contributed by atoms with Crippen LogP contribution in [0.3, 0.4) is 0 Å². The van der Waals surface area contributed by atoms with Crippen LogP contribution in [0.25, 0.3) is 11.3 Å². The van der Waals surface area contributed by atoms with Crippen LogP contribution in [0, 0.1) is 0 Å². The summed E-state index contributed by atoms with van der Waals surface area (Å²) in [5.74, 6) is -0.479. The van der Waals surface area contributed by atoms with Gasteiger partial charge in [0.05, 0.1) is 18.9 Å². The van der Waals surface area contributed by atoms with Crippen LogP contribution in [0.4, 0.5) is 31.3 Å². The fourth-order valence-electron chi connectivity index (χ4n) is 5.72. The van der Waals surface area contributed by atoms with Crippen molar-refractivity contribution in [3.05, 3.63) is 41.4 Å². The van der Waals surface area contributed by atoms with E-state index in [2.05, 4.69) is 32.0 Å². The summed E-state index contributed by atoms with van der Waals surface area (Å²) in [7, 11) is 0. The fourth-order valence-corrected chi connectivity index (χ4v) is 5.72. The summed E-state index contributed by atoms with van der Waals surface area (Å²) in [6, 6.07) is -1.03. The molecule has 1 atom stereocenters. The lowest BCUT2D eigenvalue weighted by molar-refractivity contribution is 0.111. The minimum atomic E-state index is -0.763. The Labute approximate surface area is 236 Å². The Balaban J connectivity index is 1.24. The molecule has 2 aromatic heterocycles. The standard InChI is InChI=1S/C27H34F2N10O2/c1-2-36-5-7-37(8-6-36)18-13-20(28)23(21(29)14-18)34-27(40)39-4-3-19-22(17-15-31-25(30)32-16-17)33-26(35-24(19)39)38-9-11-41-12-10-38/h13,15-16,18H,2-12,14H2,1H3,(H,34,40)(H2,30,31,32). The smallest absolute Gasteiger partial charge is 0.327 e. The molecular formula is C27H34F2N10O2. The zero-order valence-electron chi connectivity index (χ0n) is 23.0. The number of amides is 2. The summed E-state index contributed by atoms with van der Waals surface area (Å²) in [5, 5.41) is 2.49. The first-order chi connectivity index (χ1) is 19.9. The summed E-state index contributed by atoms with van der Waals surface area (Å²) in [6.45, 7) is 8.79. The lowest BCUT2D eigenvalue weighted by Gasteiger charge is -2.38. The van der Waals surface area contributed by atoms with Crippen molar-refractivity contribution in [3.8, 4) is 11.3 Å². The van der Waals surface area contributed by atoms with Gasteiger partial charge in [-0.2, -0.15) is 4.98 Å². The number of nitrogens with zero attached hydrogens (tertiary/aromatic N) is 8. The van der Waals surface area contributed by atoms with Gasteiger partial charge in [0, 0.05) is 81.8 Å². The van der Waals surface area contributed by atoms with Gasteiger partial charge in [-0.3, -0.25) is 9.80 Å². The van der Waals surface area contributed by atoms with Crippen LogP contribution in [0.15, 0.2) is 35.8 Å². The fraction of sp³-hybridized carbons (Fsp3) is 0.519. The maximum Gasteiger partial charge on any atom is 0.327 e. The molecule has 12 nitrogen and oxygen atoms in total. The van der Waals surface area contributed by atoms with Crippen LogP contribution < -0.4 is 20.9 Å². The van der Waals surface area contributed by atoms with Gasteiger partial charge in [-0.1, -0.05) is 6.92 Å². The largest absolute Gasteiger partial charge is 0.378 e. The number of carbonyl (C=O) groups excluding carboxylic acids is 1. The third-order valence-corrected chi connectivity index (χ3v) is 8.09. The van der Waals surface area contributed by atoms with E-state index in [-0.39, 0.29) is 25.0 Å². The number of anilines is 3. The number of likely N-dealkylation sites (N-methyl/N-ethyl adjacent to an activating group) is 1. The van der Waals surface area contributed by atoms with Crippen molar-refractivity contribution in [2.45, 2.75) is 25.8 Å². The molecule has 6 rings (SSSR count). The number of rotatable bonds is 5. The van der Waals surface area contributed by atoms with Crippen LogP contribution in [0.2, 0.25) is 0 Å². The van der Waals surface area contributed by atoms with Gasteiger partial charge in [0.2, 0.25) is 11.9 Å². The average molecular weight is 569 g/mol. The Morgan fingerprint density at radius 2 is 1.80 bits per heavy atom. The van der Waals surface area contributed by atoms with E-state index in [1.54, 1.807) is 12.4 Å². The van der Waals surface area contributed by atoms with Gasteiger partial charge in [-0.15, -0.1) is 0 Å². The molecule has 1 unspecified atom stereocenters. The molecule has 0 saturated carbocycles. The molecule has 2 aromatic rings. The number of urea groups is 1. The summed E-state index contributed by atoms with van der Waals surface area (Å²) < 4.78 is 36.0. The molecule has 218 valence electrons. The molecule has 0 aromatic carbocycles. The molecule has 5 heterocycles. The first kappa shape index (κ1) is 27.4. The van der Waals surface area contributed by atoms with Crippen LogP contribution in [-0.2, 0) is 11.2 Å². The van der Waals surface area contributed by atoms with E-state index >= 15 is 8.78 Å². The Kier molecular flexibility index (Phi) is 7.77. The second kappa shape index (κ2) is 11.6. The zero-order chi connectivity index (χ0) is 28.5. The van der Waals surface area contributed by atoms with E-state index in [1.807, 2.05) is 4.90 Å². The maximum atomic E-state index is 15.3. The Hall–Kier alpha value is -3.75. The highest BCUT2D eigenvalue weighted by Crippen LogP contribution is 2.36. The van der Waals surface area contributed by atoms with Crippen LogP contribution in [0.5, 0.6) is 0 Å². The van der Waals surface area contributed by atoms with Crippen molar-refractivity contribution in [1.82, 2.24) is 35.1 Å². The number of aromatic nitrogens is 4. The molecule has 14 heteroatoms. The van der Waals surface area contributed by atoms with Crippen LogP contribution >= 0.6 is 0 Å². The minimum Gasteiger partial charge on any atom is -0.378 e. The molecule has 0 radical (unpaired) electrons. The first-order valence-electron chi connectivity index (χ1n) is 14.0. The molecular weight excluding hydrogens is 534 g/mol. The van der Waals surface area contributed by atoms with Gasteiger partial charge < -0.3 is 25.6 Å². The van der Waals surface area contributed by atoms with Gasteiger partial charge in [-0.25, -0.2) is 28.5 Å². The molecule has 0 spiro atoms. The molecule has 0 bridgehead atoms. The molecule has 2 fully saturated rings. The zero-order valence-corrected chi connectivity index (χ0v) is 23.0. The maximum absolute atomic E-state index is 15.3. The van der Waals surface area contributed by atoms with Crippen molar-refractivity contribution in [2.24, 2.45) is 0 Å². The van der Waals surface area contributed by atoms with Gasteiger partial charge in [0.15, 0.2) is 0 Å². The quantitative estimate of drug-likeness (QED) is 0.552. The highest BCUT2D eigenvalue weighted by Gasteiger charge is 2.35. The number of morpholine rings is 1. The van der Waals surface area contributed by atoms with E-state index < -0.39 is 23.4 Å². The highest BCUT2D eigenvalue weighted by molar-refractivity contribution is 5.96. The minimum absolute atomic E-state index is 0.0103. The molecule has 4 aliphatic rings. The third kappa shape index (κ3) is 5.59. The normalized spacial score (nSPS) is 22.1. The van der Waals surface area contributed by atoms with Crippen molar-refractivity contribution >= 4 is 23.7 Å². The number of nitrogens with two attached hydrogens (primary N) is 1. The van der Waals surface area contributed by atoms with Crippen LogP contribution in [-0.4, -0.2) is 107 Å². The Morgan fingerprint density at radius 1 is 1.07 bits per heavy atom. The SMILES string of the molecule is CCN1CCN(C2C=C(F)C(NC(=O)N3CCc4c(-c5cnc(N)nc5)nc(N5CCOCC5)nc43)=C(F)C2)CC1. The van der Waals surface area contributed by atoms with E-state index in [0.717, 1.165) is 38.3 Å². The van der Waals surface area contributed by atoms with Gasteiger partial charge in [-0.05, 0) is 19.0 Å². The number of fused-ring (bicyclic) bond motifs is 1. The van der Waals surface area contributed by atoms with E-state index in [9.17, 15) is 4.79 Å². The first-order valence-corrected chi connectivity index (χ1v) is 14.0. The third-order valence-electron chi connectivity index (χ3n) is 8.09. The van der Waals surface area contributed by atoms with E-state index in [1.165, 1.54) is 11.0 Å². The molecule has 3 N–H and O–H groups in total. The van der Waals surface area contributed by atoms with Gasteiger partial charge >= 0.3 is 6.03 Å².